The number of aliphatic hydroxyl groups is 1. The van der Waals surface area contributed by atoms with E-state index in [9.17, 15) is 5.11 Å². The maximum Gasteiger partial charge on any atom is 0.284 e. The molecule has 0 aliphatic heterocycles. The van der Waals surface area contributed by atoms with Crippen LogP contribution in [0, 0.1) is 0 Å². The average molecular weight is 260 g/mol. The maximum atomic E-state index is 10.7. The molecule has 0 saturated heterocycles. The summed E-state index contributed by atoms with van der Waals surface area (Å²) in [6.07, 6.45) is 1.26. The molecule has 0 fully saturated rings. The van der Waals surface area contributed by atoms with Gasteiger partial charge >= 0.3 is 0 Å². The van der Waals surface area contributed by atoms with Gasteiger partial charge in [0, 0.05) is 17.2 Å². The highest BCUT2D eigenvalue weighted by Gasteiger charge is 2.31. The predicted molar refractivity (Wildman–Crippen MR) is 75.2 cm³/mol. The first-order valence-corrected chi connectivity index (χ1v) is 6.60. The van der Waals surface area contributed by atoms with Crippen molar-refractivity contribution in [2.45, 2.75) is 32.3 Å². The van der Waals surface area contributed by atoms with Crippen LogP contribution in [-0.2, 0) is 5.60 Å². The van der Waals surface area contributed by atoms with E-state index in [0.717, 1.165) is 11.1 Å². The summed E-state index contributed by atoms with van der Waals surface area (Å²) in [4.78, 5) is 0. The van der Waals surface area contributed by atoms with Crippen LogP contribution in [0.25, 0.3) is 11.3 Å². The van der Waals surface area contributed by atoms with E-state index in [1.54, 1.807) is 13.2 Å². The van der Waals surface area contributed by atoms with Gasteiger partial charge in [-0.3, -0.25) is 0 Å². The third-order valence-corrected chi connectivity index (χ3v) is 3.62. The van der Waals surface area contributed by atoms with Crippen LogP contribution in [0.15, 0.2) is 40.8 Å². The number of rotatable bonds is 5. The van der Waals surface area contributed by atoms with Gasteiger partial charge in [-0.1, -0.05) is 44.2 Å². The molecule has 1 aromatic heterocycles. The normalized spacial score (nSPS) is 11.6. The van der Waals surface area contributed by atoms with Crippen LogP contribution >= 0.6 is 0 Å². The van der Waals surface area contributed by atoms with E-state index in [-0.39, 0.29) is 0 Å². The second-order valence-corrected chi connectivity index (χ2v) is 4.62. The zero-order valence-electron chi connectivity index (χ0n) is 11.6. The van der Waals surface area contributed by atoms with Crippen molar-refractivity contribution in [3.8, 4) is 17.3 Å². The van der Waals surface area contributed by atoms with E-state index in [4.69, 9.17) is 9.15 Å². The topological polar surface area (TPSA) is 42.6 Å². The Labute approximate surface area is 113 Å². The van der Waals surface area contributed by atoms with Crippen LogP contribution in [0.4, 0.5) is 0 Å². The van der Waals surface area contributed by atoms with Gasteiger partial charge in [0.05, 0.1) is 12.7 Å². The van der Waals surface area contributed by atoms with Crippen molar-refractivity contribution in [1.82, 2.24) is 0 Å². The van der Waals surface area contributed by atoms with E-state index < -0.39 is 5.60 Å². The fourth-order valence-electron chi connectivity index (χ4n) is 2.25. The number of furan rings is 1. The standard InChI is InChI=1S/C16H20O3/c1-4-16(17,5-2)13-11-14(18-3)19-15(13)12-9-7-6-8-10-12/h6-11,17H,4-5H2,1-3H3. The Morgan fingerprint density at radius 2 is 1.79 bits per heavy atom. The first kappa shape index (κ1) is 13.7. The van der Waals surface area contributed by atoms with Gasteiger partial charge in [0.2, 0.25) is 0 Å². The summed E-state index contributed by atoms with van der Waals surface area (Å²) in [5, 5.41) is 10.7. The Kier molecular flexibility index (Phi) is 3.96. The van der Waals surface area contributed by atoms with Gasteiger partial charge in [0.25, 0.3) is 5.95 Å². The number of methoxy groups -OCH3 is 1. The van der Waals surface area contributed by atoms with Crippen molar-refractivity contribution < 1.29 is 14.3 Å². The first-order valence-electron chi connectivity index (χ1n) is 6.60. The van der Waals surface area contributed by atoms with Gasteiger partial charge in [-0.15, -0.1) is 0 Å². The summed E-state index contributed by atoms with van der Waals surface area (Å²) < 4.78 is 10.9. The van der Waals surface area contributed by atoms with Crippen LogP contribution in [0.2, 0.25) is 0 Å². The van der Waals surface area contributed by atoms with Gasteiger partial charge in [-0.25, -0.2) is 0 Å². The molecular formula is C16H20O3. The third kappa shape index (κ3) is 2.51. The zero-order chi connectivity index (χ0) is 13.9. The number of hydrogen-bond acceptors (Lipinski definition) is 3. The summed E-state index contributed by atoms with van der Waals surface area (Å²) in [6, 6.07) is 11.6. The Morgan fingerprint density at radius 1 is 1.16 bits per heavy atom. The summed E-state index contributed by atoms with van der Waals surface area (Å²) in [6.45, 7) is 3.94. The Morgan fingerprint density at radius 3 is 2.32 bits per heavy atom. The molecule has 0 unspecified atom stereocenters. The van der Waals surface area contributed by atoms with E-state index >= 15 is 0 Å². The molecule has 0 saturated carbocycles. The average Bonchev–Trinajstić information content (AvgIpc) is 2.92. The number of hydrogen-bond donors (Lipinski definition) is 1. The molecule has 1 aromatic carbocycles. The molecule has 1 heterocycles. The molecule has 0 radical (unpaired) electrons. The lowest BCUT2D eigenvalue weighted by Crippen LogP contribution is -2.23. The molecule has 2 aromatic rings. The van der Waals surface area contributed by atoms with Gasteiger partial charge in [0.15, 0.2) is 0 Å². The van der Waals surface area contributed by atoms with Crippen LogP contribution in [0.1, 0.15) is 32.3 Å². The highest BCUT2D eigenvalue weighted by molar-refractivity contribution is 5.63. The summed E-state index contributed by atoms with van der Waals surface area (Å²) in [7, 11) is 1.56. The number of benzene rings is 1. The molecule has 1 N–H and O–H groups in total. The second-order valence-electron chi connectivity index (χ2n) is 4.62. The molecule has 3 nitrogen and oxygen atoms in total. The monoisotopic (exact) mass is 260 g/mol. The third-order valence-electron chi connectivity index (χ3n) is 3.62. The second kappa shape index (κ2) is 5.49. The number of ether oxygens (including phenoxy) is 1. The van der Waals surface area contributed by atoms with Crippen molar-refractivity contribution in [3.05, 3.63) is 42.0 Å². The zero-order valence-corrected chi connectivity index (χ0v) is 11.6. The van der Waals surface area contributed by atoms with E-state index in [0.29, 0.717) is 24.5 Å². The van der Waals surface area contributed by atoms with Crippen molar-refractivity contribution >= 4 is 0 Å². The van der Waals surface area contributed by atoms with Crippen molar-refractivity contribution in [3.63, 3.8) is 0 Å². The minimum absolute atomic E-state index is 0.425. The lowest BCUT2D eigenvalue weighted by Gasteiger charge is -2.25. The van der Waals surface area contributed by atoms with Crippen molar-refractivity contribution in [2.75, 3.05) is 7.11 Å². The summed E-state index contributed by atoms with van der Waals surface area (Å²) >= 11 is 0. The summed E-state index contributed by atoms with van der Waals surface area (Å²) in [5.41, 5.74) is 0.854. The predicted octanol–water partition coefficient (Wildman–Crippen LogP) is 3.96. The molecule has 19 heavy (non-hydrogen) atoms. The summed E-state index contributed by atoms with van der Waals surface area (Å²) in [5.74, 6) is 1.11. The largest absolute Gasteiger partial charge is 0.468 e. The van der Waals surface area contributed by atoms with Crippen LogP contribution in [0.3, 0.4) is 0 Å². The quantitative estimate of drug-likeness (QED) is 0.884. The molecule has 0 spiro atoms. The Bertz CT molecular complexity index is 524. The van der Waals surface area contributed by atoms with Gasteiger partial charge in [-0.2, -0.15) is 0 Å². The molecule has 0 aliphatic rings. The van der Waals surface area contributed by atoms with Gasteiger partial charge in [0.1, 0.15) is 5.76 Å². The lowest BCUT2D eigenvalue weighted by atomic mass is 9.87. The maximum absolute atomic E-state index is 10.7. The van der Waals surface area contributed by atoms with E-state index in [2.05, 4.69) is 0 Å². The molecule has 102 valence electrons. The van der Waals surface area contributed by atoms with Crippen molar-refractivity contribution in [1.29, 1.82) is 0 Å². The minimum atomic E-state index is -0.883. The fourth-order valence-corrected chi connectivity index (χ4v) is 2.25. The molecule has 3 heteroatoms. The van der Waals surface area contributed by atoms with Gasteiger partial charge < -0.3 is 14.3 Å². The Balaban J connectivity index is 2.58. The first-order chi connectivity index (χ1) is 9.14. The minimum Gasteiger partial charge on any atom is -0.468 e. The molecule has 0 atom stereocenters. The highest BCUT2D eigenvalue weighted by Crippen LogP contribution is 2.40. The molecule has 0 amide bonds. The van der Waals surface area contributed by atoms with Crippen LogP contribution in [-0.4, -0.2) is 12.2 Å². The smallest absolute Gasteiger partial charge is 0.284 e. The molecule has 0 aliphatic carbocycles. The highest BCUT2D eigenvalue weighted by atomic mass is 16.6. The van der Waals surface area contributed by atoms with Gasteiger partial charge in [-0.05, 0) is 12.8 Å². The lowest BCUT2D eigenvalue weighted by molar-refractivity contribution is 0.0285. The molecule has 0 bridgehead atoms. The Hall–Kier alpha value is -1.74. The fraction of sp³-hybridized carbons (Fsp3) is 0.375. The van der Waals surface area contributed by atoms with Crippen LogP contribution in [0.5, 0.6) is 5.95 Å². The van der Waals surface area contributed by atoms with E-state index in [1.807, 2.05) is 44.2 Å². The molecular weight excluding hydrogens is 240 g/mol. The van der Waals surface area contributed by atoms with E-state index in [1.165, 1.54) is 0 Å². The van der Waals surface area contributed by atoms with Crippen molar-refractivity contribution in [2.24, 2.45) is 0 Å². The van der Waals surface area contributed by atoms with Crippen LogP contribution < -0.4 is 4.74 Å². The molecule has 2 rings (SSSR count). The SMILES string of the molecule is CCC(O)(CC)c1cc(OC)oc1-c1ccccc1.